The number of ether oxygens (including phenoxy) is 1. The summed E-state index contributed by atoms with van der Waals surface area (Å²) in [6, 6.07) is 0.379. The summed E-state index contributed by atoms with van der Waals surface area (Å²) < 4.78 is 7.51. The maximum atomic E-state index is 5.87. The summed E-state index contributed by atoms with van der Waals surface area (Å²) >= 11 is 0. The van der Waals surface area contributed by atoms with Crippen molar-refractivity contribution in [3.63, 3.8) is 0 Å². The lowest BCUT2D eigenvalue weighted by atomic mass is 10.1. The molecule has 3 rings (SSSR count). The molecular weight excluding hydrogens is 204 g/mol. The van der Waals surface area contributed by atoms with Gasteiger partial charge in [0, 0.05) is 19.9 Å². The molecule has 88 valence electrons. The molecule has 1 aliphatic carbocycles. The van der Waals surface area contributed by atoms with E-state index in [1.807, 2.05) is 13.2 Å². The topological polar surface area (TPSA) is 65.1 Å². The van der Waals surface area contributed by atoms with Gasteiger partial charge in [0.15, 0.2) is 5.82 Å². The van der Waals surface area contributed by atoms with E-state index in [4.69, 9.17) is 10.5 Å². The Bertz CT molecular complexity index is 385. The van der Waals surface area contributed by atoms with Crippen LogP contribution in [0.15, 0.2) is 6.20 Å². The molecule has 1 aromatic rings. The van der Waals surface area contributed by atoms with Crippen molar-refractivity contribution in [2.24, 2.45) is 13.0 Å². The summed E-state index contributed by atoms with van der Waals surface area (Å²) in [6.07, 6.45) is 5.85. The van der Waals surface area contributed by atoms with E-state index in [-0.39, 0.29) is 0 Å². The highest BCUT2D eigenvalue weighted by molar-refractivity contribution is 5.60. The van der Waals surface area contributed by atoms with Crippen molar-refractivity contribution in [2.75, 3.05) is 17.7 Å². The van der Waals surface area contributed by atoms with Crippen molar-refractivity contribution in [1.29, 1.82) is 0 Å². The first-order valence-electron chi connectivity index (χ1n) is 5.91. The zero-order valence-corrected chi connectivity index (χ0v) is 9.52. The first-order chi connectivity index (χ1) is 7.74. The molecule has 2 atom stereocenters. The van der Waals surface area contributed by atoms with Crippen LogP contribution in [0.1, 0.15) is 19.3 Å². The molecule has 0 amide bonds. The molecule has 3 N–H and O–H groups in total. The number of aromatic nitrogens is 2. The largest absolute Gasteiger partial charge is 0.394 e. The molecule has 2 unspecified atom stereocenters. The summed E-state index contributed by atoms with van der Waals surface area (Å²) in [7, 11) is 1.88. The maximum Gasteiger partial charge on any atom is 0.171 e. The van der Waals surface area contributed by atoms with Gasteiger partial charge in [-0.3, -0.25) is 4.68 Å². The molecule has 0 aromatic carbocycles. The SMILES string of the molecule is Cn1cc(N)c(NC2CCOC2C2CC2)n1. The number of nitrogen functional groups attached to an aromatic ring is 1. The highest BCUT2D eigenvalue weighted by Crippen LogP contribution is 2.39. The van der Waals surface area contributed by atoms with E-state index >= 15 is 0 Å². The fourth-order valence-electron chi connectivity index (χ4n) is 2.45. The van der Waals surface area contributed by atoms with Gasteiger partial charge in [-0.25, -0.2) is 0 Å². The van der Waals surface area contributed by atoms with Crippen LogP contribution in [0.5, 0.6) is 0 Å². The summed E-state index contributed by atoms with van der Waals surface area (Å²) in [5.41, 5.74) is 6.58. The number of nitrogens with zero attached hydrogens (tertiary/aromatic N) is 2. The highest BCUT2D eigenvalue weighted by atomic mass is 16.5. The van der Waals surface area contributed by atoms with Crippen LogP contribution in [0.3, 0.4) is 0 Å². The monoisotopic (exact) mass is 222 g/mol. The van der Waals surface area contributed by atoms with Gasteiger partial charge in [-0.05, 0) is 25.2 Å². The van der Waals surface area contributed by atoms with E-state index in [1.54, 1.807) is 4.68 Å². The van der Waals surface area contributed by atoms with E-state index in [0.29, 0.717) is 17.8 Å². The Hall–Kier alpha value is -1.23. The third-order valence-corrected chi connectivity index (χ3v) is 3.40. The van der Waals surface area contributed by atoms with E-state index in [2.05, 4.69) is 10.4 Å². The average molecular weight is 222 g/mol. The second-order valence-corrected chi connectivity index (χ2v) is 4.82. The zero-order valence-electron chi connectivity index (χ0n) is 9.52. The van der Waals surface area contributed by atoms with Gasteiger partial charge in [-0.15, -0.1) is 0 Å². The van der Waals surface area contributed by atoms with Gasteiger partial charge in [-0.1, -0.05) is 0 Å². The standard InChI is InChI=1S/C11H18N4O/c1-15-6-8(12)11(14-15)13-9-4-5-16-10(9)7-2-3-7/h6-7,9-10H,2-5,12H2,1H3,(H,13,14). The summed E-state index contributed by atoms with van der Waals surface area (Å²) in [5.74, 6) is 1.55. The molecule has 0 spiro atoms. The van der Waals surface area contributed by atoms with Crippen molar-refractivity contribution in [3.8, 4) is 0 Å². The van der Waals surface area contributed by atoms with Gasteiger partial charge in [0.1, 0.15) is 0 Å². The number of hydrogen-bond donors (Lipinski definition) is 2. The molecule has 1 aromatic heterocycles. The van der Waals surface area contributed by atoms with Crippen LogP contribution < -0.4 is 11.1 Å². The van der Waals surface area contributed by atoms with Crippen LogP contribution in [0, 0.1) is 5.92 Å². The van der Waals surface area contributed by atoms with Gasteiger partial charge in [0.2, 0.25) is 0 Å². The first kappa shape index (κ1) is 9.96. The third-order valence-electron chi connectivity index (χ3n) is 3.40. The fourth-order valence-corrected chi connectivity index (χ4v) is 2.45. The van der Waals surface area contributed by atoms with Crippen molar-refractivity contribution >= 4 is 11.5 Å². The van der Waals surface area contributed by atoms with E-state index in [9.17, 15) is 0 Å². The number of anilines is 2. The Morgan fingerprint density at radius 1 is 1.50 bits per heavy atom. The molecule has 1 aliphatic heterocycles. The highest BCUT2D eigenvalue weighted by Gasteiger charge is 2.40. The van der Waals surface area contributed by atoms with Gasteiger partial charge >= 0.3 is 0 Å². The molecule has 2 heterocycles. The summed E-state index contributed by atoms with van der Waals surface area (Å²) in [5, 5.41) is 7.73. The van der Waals surface area contributed by atoms with Gasteiger partial charge in [0.05, 0.1) is 17.8 Å². The lowest BCUT2D eigenvalue weighted by molar-refractivity contribution is 0.0898. The number of rotatable bonds is 3. The molecule has 2 aliphatic rings. The average Bonchev–Trinajstić information content (AvgIpc) is 2.90. The van der Waals surface area contributed by atoms with Crippen molar-refractivity contribution < 1.29 is 4.74 Å². The van der Waals surface area contributed by atoms with Gasteiger partial charge < -0.3 is 15.8 Å². The molecule has 2 fully saturated rings. The fraction of sp³-hybridized carbons (Fsp3) is 0.727. The molecule has 5 nitrogen and oxygen atoms in total. The molecule has 5 heteroatoms. The minimum Gasteiger partial charge on any atom is -0.394 e. The Kier molecular flexibility index (Phi) is 2.28. The summed E-state index contributed by atoms with van der Waals surface area (Å²) in [4.78, 5) is 0. The molecule has 0 radical (unpaired) electrons. The number of nitrogens with two attached hydrogens (primary N) is 1. The van der Waals surface area contributed by atoms with Crippen molar-refractivity contribution in [3.05, 3.63) is 6.20 Å². The maximum absolute atomic E-state index is 5.87. The normalized spacial score (nSPS) is 29.6. The molecule has 0 bridgehead atoms. The van der Waals surface area contributed by atoms with Gasteiger partial charge in [-0.2, -0.15) is 5.10 Å². The second kappa shape index (κ2) is 3.66. The minimum absolute atomic E-state index is 0.362. The van der Waals surface area contributed by atoms with E-state index in [1.165, 1.54) is 12.8 Å². The Labute approximate surface area is 94.9 Å². The number of aryl methyl sites for hydroxylation is 1. The molecular formula is C11H18N4O. The lowest BCUT2D eigenvalue weighted by Crippen LogP contribution is -2.31. The van der Waals surface area contributed by atoms with Crippen molar-refractivity contribution in [2.45, 2.75) is 31.4 Å². The number of hydrogen-bond acceptors (Lipinski definition) is 4. The second-order valence-electron chi connectivity index (χ2n) is 4.82. The summed E-state index contributed by atoms with van der Waals surface area (Å²) in [6.45, 7) is 0.853. The first-order valence-corrected chi connectivity index (χ1v) is 5.91. The molecule has 1 saturated heterocycles. The lowest BCUT2D eigenvalue weighted by Gasteiger charge is -2.19. The van der Waals surface area contributed by atoms with Crippen LogP contribution in [0.2, 0.25) is 0 Å². The van der Waals surface area contributed by atoms with Crippen LogP contribution in [-0.4, -0.2) is 28.5 Å². The minimum atomic E-state index is 0.362. The van der Waals surface area contributed by atoms with Crippen LogP contribution in [-0.2, 0) is 11.8 Å². The zero-order chi connectivity index (χ0) is 11.1. The third kappa shape index (κ3) is 1.75. The van der Waals surface area contributed by atoms with Crippen LogP contribution in [0.4, 0.5) is 11.5 Å². The van der Waals surface area contributed by atoms with E-state index < -0.39 is 0 Å². The van der Waals surface area contributed by atoms with Gasteiger partial charge in [0.25, 0.3) is 0 Å². The quantitative estimate of drug-likeness (QED) is 0.800. The predicted molar refractivity (Wildman–Crippen MR) is 62.1 cm³/mol. The van der Waals surface area contributed by atoms with Crippen LogP contribution >= 0.6 is 0 Å². The smallest absolute Gasteiger partial charge is 0.171 e. The van der Waals surface area contributed by atoms with E-state index in [0.717, 1.165) is 24.8 Å². The molecule has 1 saturated carbocycles. The Morgan fingerprint density at radius 3 is 2.94 bits per heavy atom. The van der Waals surface area contributed by atoms with Crippen LogP contribution in [0.25, 0.3) is 0 Å². The van der Waals surface area contributed by atoms with Crippen molar-refractivity contribution in [1.82, 2.24) is 9.78 Å². The Balaban J connectivity index is 1.71. The number of nitrogens with one attached hydrogen (secondary N) is 1. The molecule has 16 heavy (non-hydrogen) atoms. The Morgan fingerprint density at radius 2 is 2.31 bits per heavy atom. The predicted octanol–water partition coefficient (Wildman–Crippen LogP) is 0.982.